The number of aliphatic hydroxyl groups excluding tert-OH is 1. The predicted molar refractivity (Wildman–Crippen MR) is 120 cm³/mol. The lowest BCUT2D eigenvalue weighted by Crippen LogP contribution is -2.12. The average molecular weight is 380 g/mol. The summed E-state index contributed by atoms with van der Waals surface area (Å²) < 4.78 is 0. The van der Waals surface area contributed by atoms with Gasteiger partial charge in [0.15, 0.2) is 5.43 Å². The smallest absolute Gasteiger partial charge is 0.193 e. The van der Waals surface area contributed by atoms with Gasteiger partial charge in [-0.15, -0.1) is 0 Å². The molecule has 2 N–H and O–H groups in total. The van der Waals surface area contributed by atoms with E-state index in [1.54, 1.807) is 0 Å². The maximum atomic E-state index is 12.8. The van der Waals surface area contributed by atoms with Gasteiger partial charge in [0.2, 0.25) is 0 Å². The van der Waals surface area contributed by atoms with Crippen molar-refractivity contribution >= 4 is 10.9 Å². The zero-order valence-corrected chi connectivity index (χ0v) is 17.8. The van der Waals surface area contributed by atoms with Crippen LogP contribution >= 0.6 is 0 Å². The minimum absolute atomic E-state index is 0.125. The van der Waals surface area contributed by atoms with Crippen molar-refractivity contribution in [3.8, 4) is 0 Å². The molecule has 150 valence electrons. The Bertz CT molecular complexity index is 956. The van der Waals surface area contributed by atoms with E-state index in [-0.39, 0.29) is 5.43 Å². The van der Waals surface area contributed by atoms with Crippen LogP contribution in [0.1, 0.15) is 58.2 Å². The molecule has 0 spiro atoms. The summed E-state index contributed by atoms with van der Waals surface area (Å²) in [5, 5.41) is 10.7. The number of aromatic nitrogens is 1. The van der Waals surface area contributed by atoms with Crippen molar-refractivity contribution in [1.29, 1.82) is 0 Å². The van der Waals surface area contributed by atoms with Crippen molar-refractivity contribution in [2.24, 2.45) is 0 Å². The third kappa shape index (κ3) is 6.35. The van der Waals surface area contributed by atoms with Crippen molar-refractivity contribution in [2.45, 2.75) is 66.4 Å². The molecule has 0 aliphatic heterocycles. The number of allylic oxidation sites excluding steroid dienone is 4. The van der Waals surface area contributed by atoms with Crippen molar-refractivity contribution in [2.75, 3.05) is 0 Å². The zero-order valence-electron chi connectivity index (χ0n) is 17.8. The van der Waals surface area contributed by atoms with Gasteiger partial charge in [0.25, 0.3) is 0 Å². The number of para-hydroxylation sites is 1. The minimum atomic E-state index is -0.402. The fraction of sp³-hybridized carbons (Fsp3) is 0.400. The molecule has 1 aromatic carbocycles. The predicted octanol–water partition coefficient (Wildman–Crippen LogP) is 5.77. The molecule has 0 aliphatic carbocycles. The monoisotopic (exact) mass is 379 g/mol. The number of pyridine rings is 1. The Morgan fingerprint density at radius 1 is 1.11 bits per heavy atom. The summed E-state index contributed by atoms with van der Waals surface area (Å²) in [5.41, 5.74) is 6.43. The van der Waals surface area contributed by atoms with Gasteiger partial charge in [-0.2, -0.15) is 0 Å². The summed E-state index contributed by atoms with van der Waals surface area (Å²) in [6, 6.07) is 7.67. The number of hydrogen-bond acceptors (Lipinski definition) is 2. The van der Waals surface area contributed by atoms with E-state index in [1.165, 1.54) is 11.1 Å². The number of aliphatic hydroxyl groups is 1. The SMILES string of the molecule is CC(C)=CC(O)CC(C)=CCCC(C)=CCc1c(C)[nH]c2ccccc2c1=O. The van der Waals surface area contributed by atoms with Gasteiger partial charge in [-0.3, -0.25) is 4.79 Å². The van der Waals surface area contributed by atoms with Crippen LogP contribution in [0.25, 0.3) is 10.9 Å². The molecule has 0 radical (unpaired) electrons. The fourth-order valence-corrected chi connectivity index (χ4v) is 3.43. The number of benzene rings is 1. The lowest BCUT2D eigenvalue weighted by atomic mass is 10.0. The average Bonchev–Trinajstić information content (AvgIpc) is 2.60. The van der Waals surface area contributed by atoms with Gasteiger partial charge in [0.1, 0.15) is 0 Å². The lowest BCUT2D eigenvalue weighted by molar-refractivity contribution is 0.222. The zero-order chi connectivity index (χ0) is 20.7. The van der Waals surface area contributed by atoms with E-state index in [4.69, 9.17) is 0 Å². The fourth-order valence-electron chi connectivity index (χ4n) is 3.43. The third-order valence-electron chi connectivity index (χ3n) is 4.96. The molecule has 0 aliphatic rings. The van der Waals surface area contributed by atoms with Crippen LogP contribution in [0.5, 0.6) is 0 Å². The Labute approximate surface area is 168 Å². The number of hydrogen-bond donors (Lipinski definition) is 2. The highest BCUT2D eigenvalue weighted by Crippen LogP contribution is 2.15. The second kappa shape index (κ2) is 10.2. The molecule has 2 rings (SSSR count). The number of nitrogens with one attached hydrogen (secondary N) is 1. The van der Waals surface area contributed by atoms with Crippen LogP contribution in [-0.2, 0) is 6.42 Å². The van der Waals surface area contributed by atoms with E-state index >= 15 is 0 Å². The molecule has 0 saturated heterocycles. The van der Waals surface area contributed by atoms with Crippen LogP contribution in [-0.4, -0.2) is 16.2 Å². The summed E-state index contributed by atoms with van der Waals surface area (Å²) in [6.07, 6.45) is 9.09. The van der Waals surface area contributed by atoms with Gasteiger partial charge in [-0.05, 0) is 72.4 Å². The molecular weight excluding hydrogens is 346 g/mol. The normalized spacial score (nSPS) is 13.6. The highest BCUT2D eigenvalue weighted by atomic mass is 16.3. The summed E-state index contributed by atoms with van der Waals surface area (Å²) in [6.45, 7) is 10.2. The van der Waals surface area contributed by atoms with Crippen LogP contribution in [0.3, 0.4) is 0 Å². The van der Waals surface area contributed by atoms with Gasteiger partial charge >= 0.3 is 0 Å². The Kier molecular flexibility index (Phi) is 8.01. The Hall–Kier alpha value is -2.39. The Morgan fingerprint density at radius 2 is 1.82 bits per heavy atom. The summed E-state index contributed by atoms with van der Waals surface area (Å²) in [4.78, 5) is 16.1. The molecule has 0 saturated carbocycles. The maximum absolute atomic E-state index is 12.8. The molecule has 1 heterocycles. The standard InChI is InChI=1S/C25H33NO2/c1-17(2)15-21(27)16-19(4)10-8-9-18(3)13-14-22-20(5)26-24-12-7-6-11-23(24)25(22)28/h6-7,10-13,15,21,27H,8-9,14,16H2,1-5H3,(H,26,28). The molecule has 1 unspecified atom stereocenters. The summed E-state index contributed by atoms with van der Waals surface area (Å²) >= 11 is 0. The number of aryl methyl sites for hydroxylation is 1. The molecular formula is C25H33NO2. The second-order valence-electron chi connectivity index (χ2n) is 7.96. The third-order valence-corrected chi connectivity index (χ3v) is 4.96. The first-order chi connectivity index (χ1) is 13.3. The molecule has 0 amide bonds. The van der Waals surface area contributed by atoms with E-state index in [0.717, 1.165) is 40.6 Å². The lowest BCUT2D eigenvalue weighted by Gasteiger charge is -2.08. The van der Waals surface area contributed by atoms with E-state index in [1.807, 2.05) is 51.1 Å². The summed E-state index contributed by atoms with van der Waals surface area (Å²) in [5.74, 6) is 0. The first-order valence-electron chi connectivity index (χ1n) is 10.0. The molecule has 1 atom stereocenters. The van der Waals surface area contributed by atoms with Crippen LogP contribution in [0, 0.1) is 6.92 Å². The first kappa shape index (κ1) is 21.9. The van der Waals surface area contributed by atoms with Gasteiger partial charge in [-0.1, -0.05) is 47.1 Å². The second-order valence-corrected chi connectivity index (χ2v) is 7.96. The van der Waals surface area contributed by atoms with Crippen molar-refractivity contribution < 1.29 is 5.11 Å². The largest absolute Gasteiger partial charge is 0.389 e. The highest BCUT2D eigenvalue weighted by Gasteiger charge is 2.08. The molecule has 0 fully saturated rings. The number of aromatic amines is 1. The van der Waals surface area contributed by atoms with Crippen molar-refractivity contribution in [1.82, 2.24) is 4.98 Å². The highest BCUT2D eigenvalue weighted by molar-refractivity contribution is 5.79. The van der Waals surface area contributed by atoms with Gasteiger partial charge in [-0.25, -0.2) is 0 Å². The van der Waals surface area contributed by atoms with E-state index < -0.39 is 6.10 Å². The Balaban J connectivity index is 1.98. The van der Waals surface area contributed by atoms with Gasteiger partial charge < -0.3 is 10.1 Å². The molecule has 0 bridgehead atoms. The summed E-state index contributed by atoms with van der Waals surface area (Å²) in [7, 11) is 0. The number of H-pyrrole nitrogens is 1. The molecule has 3 heteroatoms. The number of rotatable bonds is 8. The minimum Gasteiger partial charge on any atom is -0.389 e. The molecule has 2 aromatic rings. The van der Waals surface area contributed by atoms with Gasteiger partial charge in [0.05, 0.1) is 6.10 Å². The quantitative estimate of drug-likeness (QED) is 0.572. The van der Waals surface area contributed by atoms with E-state index in [0.29, 0.717) is 12.8 Å². The topological polar surface area (TPSA) is 53.1 Å². The van der Waals surface area contributed by atoms with E-state index in [9.17, 15) is 9.90 Å². The van der Waals surface area contributed by atoms with Crippen LogP contribution in [0.2, 0.25) is 0 Å². The Morgan fingerprint density at radius 3 is 2.54 bits per heavy atom. The van der Waals surface area contributed by atoms with Crippen molar-refractivity contribution in [3.05, 3.63) is 80.7 Å². The van der Waals surface area contributed by atoms with Crippen LogP contribution in [0.15, 0.2) is 64.0 Å². The van der Waals surface area contributed by atoms with Crippen LogP contribution < -0.4 is 5.43 Å². The molecule has 28 heavy (non-hydrogen) atoms. The van der Waals surface area contributed by atoms with Gasteiger partial charge in [0, 0.05) is 22.2 Å². The van der Waals surface area contributed by atoms with E-state index in [2.05, 4.69) is 31.0 Å². The number of fused-ring (bicyclic) bond motifs is 1. The maximum Gasteiger partial charge on any atom is 0.193 e. The van der Waals surface area contributed by atoms with Crippen LogP contribution in [0.4, 0.5) is 0 Å². The first-order valence-corrected chi connectivity index (χ1v) is 10.0. The molecule has 3 nitrogen and oxygen atoms in total. The molecule has 1 aromatic heterocycles. The van der Waals surface area contributed by atoms with Crippen molar-refractivity contribution in [3.63, 3.8) is 0 Å².